The van der Waals surface area contributed by atoms with E-state index in [9.17, 15) is 0 Å². The molecule has 0 heterocycles. The molecule has 0 saturated heterocycles. The maximum atomic E-state index is 6.57. The van der Waals surface area contributed by atoms with E-state index in [-0.39, 0.29) is 10.5 Å². The van der Waals surface area contributed by atoms with Gasteiger partial charge in [-0.2, -0.15) is 0 Å². The van der Waals surface area contributed by atoms with Crippen LogP contribution in [0.3, 0.4) is 0 Å². The summed E-state index contributed by atoms with van der Waals surface area (Å²) >= 11 is 0. The first-order valence-electron chi connectivity index (χ1n) is 14.0. The van der Waals surface area contributed by atoms with E-state index in [0.717, 1.165) is 30.1 Å². The number of hydrogen-bond acceptors (Lipinski definition) is 3. The van der Waals surface area contributed by atoms with Crippen molar-refractivity contribution in [1.29, 1.82) is 0 Å². The van der Waals surface area contributed by atoms with Gasteiger partial charge in [0.05, 0.1) is 13.7 Å². The summed E-state index contributed by atoms with van der Waals surface area (Å²) in [7, 11) is -0.141. The van der Waals surface area contributed by atoms with Gasteiger partial charge in [0, 0.05) is 17.7 Å². The number of hydrogen-bond donors (Lipinski definition) is 0. The molecule has 0 atom stereocenters. The minimum atomic E-state index is -1.91. The van der Waals surface area contributed by atoms with Crippen LogP contribution in [-0.4, -0.2) is 28.6 Å². The van der Waals surface area contributed by atoms with Crippen molar-refractivity contribution in [1.82, 2.24) is 0 Å². The Morgan fingerprint density at radius 3 is 1.91 bits per heavy atom. The van der Waals surface area contributed by atoms with E-state index < -0.39 is 8.32 Å². The lowest BCUT2D eigenvalue weighted by Crippen LogP contribution is -2.43. The summed E-state index contributed by atoms with van der Waals surface area (Å²) in [5.74, 6) is 1.83. The van der Waals surface area contributed by atoms with Crippen LogP contribution in [0.1, 0.15) is 112 Å². The van der Waals surface area contributed by atoms with Crippen LogP contribution in [0.4, 0.5) is 0 Å². The van der Waals surface area contributed by atoms with E-state index in [1.165, 1.54) is 56.9 Å². The van der Waals surface area contributed by atoms with E-state index in [2.05, 4.69) is 85.8 Å². The number of rotatable bonds is 16. The Labute approximate surface area is 219 Å². The molecule has 0 amide bonds. The average Bonchev–Trinajstić information content (AvgIpc) is 2.75. The third kappa shape index (κ3) is 11.6. The third-order valence-electron chi connectivity index (χ3n) is 7.30. The molecule has 3 nitrogen and oxygen atoms in total. The second-order valence-electron chi connectivity index (χ2n) is 12.5. The highest BCUT2D eigenvalue weighted by molar-refractivity contribution is 6.74. The zero-order chi connectivity index (χ0) is 26.5. The Morgan fingerprint density at radius 2 is 1.40 bits per heavy atom. The topological polar surface area (TPSA) is 27.7 Å². The smallest absolute Gasteiger partial charge is 0.250 e. The van der Waals surface area contributed by atoms with Gasteiger partial charge >= 0.3 is 0 Å². The van der Waals surface area contributed by atoms with Crippen molar-refractivity contribution in [2.24, 2.45) is 5.41 Å². The molecule has 0 unspecified atom stereocenters. The Balaban J connectivity index is 2.78. The van der Waals surface area contributed by atoms with Gasteiger partial charge < -0.3 is 13.9 Å². The van der Waals surface area contributed by atoms with Crippen LogP contribution < -0.4 is 4.43 Å². The SMILES string of the molecule is CCCCCCCCCCCOCC(=C(OC)c1cccc(O[Si](C)(C)C(C)(C)C)c1)C(C)(C)C. The maximum Gasteiger partial charge on any atom is 0.250 e. The Bertz CT molecular complexity index is 753. The zero-order valence-corrected chi connectivity index (χ0v) is 25.8. The molecule has 202 valence electrons. The Hall–Kier alpha value is -1.26. The Kier molecular flexibility index (Phi) is 13.7. The molecule has 0 aliphatic carbocycles. The highest BCUT2D eigenvalue weighted by atomic mass is 28.4. The van der Waals surface area contributed by atoms with Crippen LogP contribution in [0.25, 0.3) is 5.76 Å². The minimum Gasteiger partial charge on any atom is -0.543 e. The molecule has 0 aliphatic heterocycles. The molecule has 0 N–H and O–H groups in total. The molecule has 0 bridgehead atoms. The third-order valence-corrected chi connectivity index (χ3v) is 11.7. The summed E-state index contributed by atoms with van der Waals surface area (Å²) in [4.78, 5) is 0. The fourth-order valence-corrected chi connectivity index (χ4v) is 4.90. The summed E-state index contributed by atoms with van der Waals surface area (Å²) in [5, 5.41) is 0.155. The van der Waals surface area contributed by atoms with Crippen LogP contribution in [0, 0.1) is 5.41 Å². The fourth-order valence-electron chi connectivity index (χ4n) is 3.88. The second kappa shape index (κ2) is 15.1. The lowest BCUT2D eigenvalue weighted by atomic mass is 9.84. The first kappa shape index (κ1) is 31.8. The van der Waals surface area contributed by atoms with Gasteiger partial charge in [-0.25, -0.2) is 0 Å². The first-order chi connectivity index (χ1) is 16.3. The number of methoxy groups -OCH3 is 1. The molecule has 35 heavy (non-hydrogen) atoms. The van der Waals surface area contributed by atoms with E-state index >= 15 is 0 Å². The monoisotopic (exact) mass is 504 g/mol. The predicted molar refractivity (Wildman–Crippen MR) is 156 cm³/mol. The zero-order valence-electron chi connectivity index (χ0n) is 24.8. The van der Waals surface area contributed by atoms with Crippen molar-refractivity contribution in [3.8, 4) is 5.75 Å². The van der Waals surface area contributed by atoms with Crippen LogP contribution >= 0.6 is 0 Å². The van der Waals surface area contributed by atoms with Gasteiger partial charge in [0.15, 0.2) is 0 Å². The summed E-state index contributed by atoms with van der Waals surface area (Å²) in [5.41, 5.74) is 2.20. The molecule has 0 aromatic heterocycles. The van der Waals surface area contributed by atoms with Gasteiger partial charge in [-0.15, -0.1) is 0 Å². The molecule has 0 saturated carbocycles. The second-order valence-corrected chi connectivity index (χ2v) is 17.3. The van der Waals surface area contributed by atoms with Crippen molar-refractivity contribution >= 4 is 14.1 Å². The minimum absolute atomic E-state index is 0.0554. The molecule has 1 aromatic carbocycles. The normalized spacial score (nSPS) is 13.5. The summed E-state index contributed by atoms with van der Waals surface area (Å²) < 4.78 is 18.7. The van der Waals surface area contributed by atoms with Crippen LogP contribution in [-0.2, 0) is 9.47 Å². The van der Waals surface area contributed by atoms with Gasteiger partial charge in [-0.3, -0.25) is 0 Å². The summed E-state index contributed by atoms with van der Waals surface area (Å²) in [6, 6.07) is 8.38. The van der Waals surface area contributed by atoms with E-state index in [4.69, 9.17) is 13.9 Å². The molecule has 4 heteroatoms. The standard InChI is InChI=1S/C31H56O3Si/c1-11-12-13-14-15-16-17-18-19-23-33-25-28(30(2,3)4)29(32-8)26-21-20-22-27(24-26)34-35(9,10)31(5,6)7/h20-22,24H,11-19,23,25H2,1-10H3. The van der Waals surface area contributed by atoms with Crippen LogP contribution in [0.15, 0.2) is 29.8 Å². The highest BCUT2D eigenvalue weighted by Gasteiger charge is 2.39. The Morgan fingerprint density at radius 1 is 0.829 bits per heavy atom. The predicted octanol–water partition coefficient (Wildman–Crippen LogP) is 10.0. The lowest BCUT2D eigenvalue weighted by molar-refractivity contribution is 0.137. The van der Waals surface area contributed by atoms with E-state index in [0.29, 0.717) is 6.61 Å². The average molecular weight is 505 g/mol. The molecule has 1 rings (SSSR count). The van der Waals surface area contributed by atoms with Crippen molar-refractivity contribution < 1.29 is 13.9 Å². The molecule has 0 aliphatic rings. The molecular formula is C31H56O3Si. The number of benzene rings is 1. The van der Waals surface area contributed by atoms with Gasteiger partial charge in [-0.1, -0.05) is 112 Å². The molecular weight excluding hydrogens is 448 g/mol. The molecule has 0 fully saturated rings. The van der Waals surface area contributed by atoms with Crippen molar-refractivity contribution in [3.63, 3.8) is 0 Å². The number of unbranched alkanes of at least 4 members (excludes halogenated alkanes) is 8. The quantitative estimate of drug-likeness (QED) is 0.127. The lowest BCUT2D eigenvalue weighted by Gasteiger charge is -2.36. The van der Waals surface area contributed by atoms with Crippen molar-refractivity contribution in [3.05, 3.63) is 35.4 Å². The molecule has 0 radical (unpaired) electrons. The van der Waals surface area contributed by atoms with E-state index in [1.54, 1.807) is 7.11 Å². The number of ether oxygens (including phenoxy) is 2. The summed E-state index contributed by atoms with van der Waals surface area (Å²) in [6.45, 7) is 21.8. The summed E-state index contributed by atoms with van der Waals surface area (Å²) in [6.07, 6.45) is 11.9. The fraction of sp³-hybridized carbons (Fsp3) is 0.742. The van der Waals surface area contributed by atoms with E-state index in [1.807, 2.05) is 0 Å². The van der Waals surface area contributed by atoms with Crippen molar-refractivity contribution in [2.45, 2.75) is 124 Å². The largest absolute Gasteiger partial charge is 0.543 e. The van der Waals surface area contributed by atoms with Crippen LogP contribution in [0.2, 0.25) is 18.1 Å². The highest BCUT2D eigenvalue weighted by Crippen LogP contribution is 2.39. The van der Waals surface area contributed by atoms with Gasteiger partial charge in [-0.05, 0) is 42.1 Å². The van der Waals surface area contributed by atoms with Crippen LogP contribution in [0.5, 0.6) is 5.75 Å². The maximum absolute atomic E-state index is 6.57. The molecule has 1 aromatic rings. The van der Waals surface area contributed by atoms with Gasteiger partial charge in [0.1, 0.15) is 11.5 Å². The molecule has 0 spiro atoms. The van der Waals surface area contributed by atoms with Gasteiger partial charge in [0.25, 0.3) is 0 Å². The first-order valence-corrected chi connectivity index (χ1v) is 16.9. The van der Waals surface area contributed by atoms with Crippen molar-refractivity contribution in [2.75, 3.05) is 20.3 Å². The van der Waals surface area contributed by atoms with Gasteiger partial charge in [0.2, 0.25) is 8.32 Å².